The fraction of sp³-hybridized carbons (Fsp3) is 0.562. The molecule has 0 amide bonds. The predicted octanol–water partition coefficient (Wildman–Crippen LogP) is 3.00. The Morgan fingerprint density at radius 1 is 1.16 bits per heavy atom. The summed E-state index contributed by atoms with van der Waals surface area (Å²) in [5.41, 5.74) is 1.92. The van der Waals surface area contributed by atoms with Crippen LogP contribution in [0.4, 0.5) is 0 Å². The average molecular weight is 258 g/mol. The van der Waals surface area contributed by atoms with E-state index in [1.54, 1.807) is 0 Å². The highest BCUT2D eigenvalue weighted by Gasteiger charge is 2.12. The molecule has 0 aromatic heterocycles. The van der Waals surface area contributed by atoms with Gasteiger partial charge in [0.2, 0.25) is 0 Å². The Hall–Kier alpha value is -1.37. The summed E-state index contributed by atoms with van der Waals surface area (Å²) in [5.74, 6) is 0. The molecule has 0 heterocycles. The molecule has 1 fully saturated rings. The van der Waals surface area contributed by atoms with Crippen molar-refractivity contribution in [3.05, 3.63) is 35.4 Å². The maximum absolute atomic E-state index is 8.72. The zero-order valence-electron chi connectivity index (χ0n) is 11.4. The number of ether oxygens (including phenoxy) is 1. The van der Waals surface area contributed by atoms with Crippen LogP contribution in [0.1, 0.15) is 43.2 Å². The lowest BCUT2D eigenvalue weighted by Crippen LogP contribution is -2.24. The van der Waals surface area contributed by atoms with Crippen LogP contribution in [0.3, 0.4) is 0 Å². The van der Waals surface area contributed by atoms with Crippen molar-refractivity contribution in [2.75, 3.05) is 13.2 Å². The molecule has 0 atom stereocenters. The molecule has 102 valence electrons. The average Bonchev–Trinajstić information content (AvgIpc) is 2.49. The van der Waals surface area contributed by atoms with E-state index >= 15 is 0 Å². The van der Waals surface area contributed by atoms with Gasteiger partial charge >= 0.3 is 0 Å². The van der Waals surface area contributed by atoms with Gasteiger partial charge in [0.1, 0.15) is 0 Å². The quantitative estimate of drug-likeness (QED) is 0.798. The maximum atomic E-state index is 8.72. The molecule has 19 heavy (non-hydrogen) atoms. The summed E-state index contributed by atoms with van der Waals surface area (Å²) >= 11 is 0. The van der Waals surface area contributed by atoms with Gasteiger partial charge < -0.3 is 10.1 Å². The normalized spacial score (nSPS) is 16.2. The van der Waals surface area contributed by atoms with Gasteiger partial charge in [0, 0.05) is 13.1 Å². The van der Waals surface area contributed by atoms with Crippen LogP contribution in [0, 0.1) is 11.3 Å². The SMILES string of the molecule is N#Cc1ccc(CNCCOC2CCCCC2)cc1. The van der Waals surface area contributed by atoms with Crippen LogP contribution in [-0.2, 0) is 11.3 Å². The highest BCUT2D eigenvalue weighted by atomic mass is 16.5. The minimum absolute atomic E-state index is 0.491. The van der Waals surface area contributed by atoms with Crippen molar-refractivity contribution in [3.8, 4) is 6.07 Å². The first-order valence-corrected chi connectivity index (χ1v) is 7.20. The highest BCUT2D eigenvalue weighted by Crippen LogP contribution is 2.19. The van der Waals surface area contributed by atoms with E-state index in [0.717, 1.165) is 19.7 Å². The van der Waals surface area contributed by atoms with Crippen LogP contribution in [-0.4, -0.2) is 19.3 Å². The van der Waals surface area contributed by atoms with E-state index in [1.165, 1.54) is 37.7 Å². The molecule has 0 aliphatic heterocycles. The van der Waals surface area contributed by atoms with Gasteiger partial charge in [0.15, 0.2) is 0 Å². The molecule has 0 spiro atoms. The number of hydrogen-bond donors (Lipinski definition) is 1. The Kier molecular flexibility index (Phi) is 5.87. The van der Waals surface area contributed by atoms with E-state index in [4.69, 9.17) is 10.00 Å². The molecule has 2 rings (SSSR count). The highest BCUT2D eigenvalue weighted by molar-refractivity contribution is 5.31. The number of benzene rings is 1. The molecule has 1 aliphatic carbocycles. The molecule has 3 nitrogen and oxygen atoms in total. The standard InChI is InChI=1S/C16H22N2O/c17-12-14-6-8-15(9-7-14)13-18-10-11-19-16-4-2-1-3-5-16/h6-9,16,18H,1-5,10-11,13H2. The molecular formula is C16H22N2O. The minimum Gasteiger partial charge on any atom is -0.377 e. The van der Waals surface area contributed by atoms with Crippen LogP contribution in [0.2, 0.25) is 0 Å². The van der Waals surface area contributed by atoms with Crippen molar-refractivity contribution in [3.63, 3.8) is 0 Å². The van der Waals surface area contributed by atoms with Gasteiger partial charge in [-0.3, -0.25) is 0 Å². The van der Waals surface area contributed by atoms with Crippen LogP contribution in [0.15, 0.2) is 24.3 Å². The van der Waals surface area contributed by atoms with Gasteiger partial charge in [0.05, 0.1) is 24.3 Å². The van der Waals surface area contributed by atoms with Gasteiger partial charge in [-0.25, -0.2) is 0 Å². The van der Waals surface area contributed by atoms with Gasteiger partial charge in [0.25, 0.3) is 0 Å². The predicted molar refractivity (Wildman–Crippen MR) is 75.7 cm³/mol. The van der Waals surface area contributed by atoms with Crippen molar-refractivity contribution >= 4 is 0 Å². The van der Waals surface area contributed by atoms with E-state index in [0.29, 0.717) is 11.7 Å². The number of nitrogens with one attached hydrogen (secondary N) is 1. The van der Waals surface area contributed by atoms with E-state index in [9.17, 15) is 0 Å². The summed E-state index contributed by atoms with van der Waals surface area (Å²) in [6.45, 7) is 2.51. The van der Waals surface area contributed by atoms with Crippen LogP contribution in [0.5, 0.6) is 0 Å². The fourth-order valence-corrected chi connectivity index (χ4v) is 2.46. The van der Waals surface area contributed by atoms with Crippen molar-refractivity contribution in [1.29, 1.82) is 5.26 Å². The molecule has 1 aromatic rings. The van der Waals surface area contributed by atoms with Gasteiger partial charge in [-0.05, 0) is 30.5 Å². The van der Waals surface area contributed by atoms with Gasteiger partial charge in [-0.1, -0.05) is 31.4 Å². The Morgan fingerprint density at radius 2 is 1.89 bits per heavy atom. The first-order valence-electron chi connectivity index (χ1n) is 7.20. The molecule has 0 radical (unpaired) electrons. The van der Waals surface area contributed by atoms with Gasteiger partial charge in [-0.15, -0.1) is 0 Å². The molecule has 1 aromatic carbocycles. The van der Waals surface area contributed by atoms with Crippen molar-refractivity contribution in [2.45, 2.75) is 44.8 Å². The first kappa shape index (κ1) is 14.0. The molecule has 3 heteroatoms. The van der Waals surface area contributed by atoms with E-state index in [2.05, 4.69) is 11.4 Å². The van der Waals surface area contributed by atoms with Crippen LogP contribution < -0.4 is 5.32 Å². The maximum Gasteiger partial charge on any atom is 0.0991 e. The summed E-state index contributed by atoms with van der Waals surface area (Å²) in [6, 6.07) is 9.83. The third kappa shape index (κ3) is 5.02. The largest absolute Gasteiger partial charge is 0.377 e. The van der Waals surface area contributed by atoms with Crippen molar-refractivity contribution in [2.24, 2.45) is 0 Å². The number of rotatable bonds is 6. The molecule has 1 saturated carbocycles. The fourth-order valence-electron chi connectivity index (χ4n) is 2.46. The lowest BCUT2D eigenvalue weighted by Gasteiger charge is -2.22. The Labute approximate surface area is 115 Å². The first-order chi connectivity index (χ1) is 9.38. The lowest BCUT2D eigenvalue weighted by molar-refractivity contribution is 0.0302. The van der Waals surface area contributed by atoms with E-state index in [1.807, 2.05) is 24.3 Å². The zero-order chi connectivity index (χ0) is 13.3. The number of nitriles is 1. The summed E-state index contributed by atoms with van der Waals surface area (Å²) in [6.07, 6.45) is 6.97. The van der Waals surface area contributed by atoms with Crippen molar-refractivity contribution in [1.82, 2.24) is 5.32 Å². The topological polar surface area (TPSA) is 45.0 Å². The molecule has 0 saturated heterocycles. The zero-order valence-corrected chi connectivity index (χ0v) is 11.4. The van der Waals surface area contributed by atoms with E-state index in [-0.39, 0.29) is 0 Å². The van der Waals surface area contributed by atoms with E-state index < -0.39 is 0 Å². The van der Waals surface area contributed by atoms with Gasteiger partial charge in [-0.2, -0.15) is 5.26 Å². The molecule has 1 aliphatic rings. The summed E-state index contributed by atoms with van der Waals surface area (Å²) in [4.78, 5) is 0. The summed E-state index contributed by atoms with van der Waals surface area (Å²) in [7, 11) is 0. The number of nitrogens with zero attached hydrogens (tertiary/aromatic N) is 1. The van der Waals surface area contributed by atoms with Crippen molar-refractivity contribution < 1.29 is 4.74 Å². The third-order valence-electron chi connectivity index (χ3n) is 3.60. The second kappa shape index (κ2) is 7.93. The second-order valence-corrected chi connectivity index (χ2v) is 5.12. The van der Waals surface area contributed by atoms with Crippen LogP contribution in [0.25, 0.3) is 0 Å². The molecule has 0 unspecified atom stereocenters. The Bertz CT molecular complexity index is 402. The summed E-state index contributed by atoms with van der Waals surface area (Å²) < 4.78 is 5.85. The molecular weight excluding hydrogens is 236 g/mol. The monoisotopic (exact) mass is 258 g/mol. The third-order valence-corrected chi connectivity index (χ3v) is 3.60. The Morgan fingerprint density at radius 3 is 2.58 bits per heavy atom. The van der Waals surface area contributed by atoms with Crippen LogP contribution >= 0.6 is 0 Å². The number of hydrogen-bond acceptors (Lipinski definition) is 3. The molecule has 1 N–H and O–H groups in total. The smallest absolute Gasteiger partial charge is 0.0991 e. The Balaban J connectivity index is 1.57. The second-order valence-electron chi connectivity index (χ2n) is 5.12. The molecule has 0 bridgehead atoms. The minimum atomic E-state index is 0.491. The lowest BCUT2D eigenvalue weighted by atomic mass is 9.98. The summed E-state index contributed by atoms with van der Waals surface area (Å²) in [5, 5.41) is 12.1.